The number of carbonyl (C=O) groups excluding carboxylic acids is 2. The Morgan fingerprint density at radius 3 is 2.17 bits per heavy atom. The summed E-state index contributed by atoms with van der Waals surface area (Å²) in [6.07, 6.45) is 0. The number of thioether (sulfide) groups is 1. The Balaban J connectivity index is 2.02. The van der Waals surface area contributed by atoms with Crippen LogP contribution in [0.4, 0.5) is 5.69 Å². The van der Waals surface area contributed by atoms with Gasteiger partial charge in [-0.25, -0.2) is 0 Å². The first-order chi connectivity index (χ1) is 10.9. The van der Waals surface area contributed by atoms with Crippen LogP contribution in [-0.2, 0) is 4.79 Å². The molecule has 0 aliphatic rings. The van der Waals surface area contributed by atoms with Gasteiger partial charge in [-0.2, -0.15) is 0 Å². The fourth-order valence-electron chi connectivity index (χ4n) is 2.33. The molecular formula is C19H21NO2S. The van der Waals surface area contributed by atoms with Crippen LogP contribution in [0.2, 0.25) is 0 Å². The van der Waals surface area contributed by atoms with E-state index in [0.29, 0.717) is 5.75 Å². The van der Waals surface area contributed by atoms with Gasteiger partial charge in [-0.3, -0.25) is 9.59 Å². The highest BCUT2D eigenvalue weighted by Gasteiger charge is 2.11. The maximum atomic E-state index is 12.4. The van der Waals surface area contributed by atoms with Crippen molar-refractivity contribution in [2.45, 2.75) is 32.6 Å². The monoisotopic (exact) mass is 327 g/mol. The van der Waals surface area contributed by atoms with Crippen LogP contribution in [0.25, 0.3) is 0 Å². The van der Waals surface area contributed by atoms with Crippen LogP contribution in [0.5, 0.6) is 0 Å². The molecule has 2 aromatic carbocycles. The highest BCUT2D eigenvalue weighted by molar-refractivity contribution is 8.00. The number of rotatable bonds is 5. The normalized spacial score (nSPS) is 10.4. The van der Waals surface area contributed by atoms with E-state index in [2.05, 4.69) is 18.3 Å². The van der Waals surface area contributed by atoms with Crippen LogP contribution in [0.15, 0.2) is 41.3 Å². The lowest BCUT2D eigenvalue weighted by atomic mass is 9.99. The fourth-order valence-corrected chi connectivity index (χ4v) is 3.11. The van der Waals surface area contributed by atoms with Gasteiger partial charge in [0.05, 0.1) is 5.75 Å². The first-order valence-corrected chi connectivity index (χ1v) is 8.47. The number of ketones is 1. The maximum Gasteiger partial charge on any atom is 0.221 e. The maximum absolute atomic E-state index is 12.4. The van der Waals surface area contributed by atoms with Crippen molar-refractivity contribution in [1.82, 2.24) is 0 Å². The zero-order chi connectivity index (χ0) is 17.0. The van der Waals surface area contributed by atoms with Crippen molar-refractivity contribution in [2.24, 2.45) is 0 Å². The average molecular weight is 327 g/mol. The first-order valence-electron chi connectivity index (χ1n) is 7.48. The lowest BCUT2D eigenvalue weighted by molar-refractivity contribution is -0.114. The molecule has 1 N–H and O–H groups in total. The number of hydrogen-bond donors (Lipinski definition) is 1. The van der Waals surface area contributed by atoms with Gasteiger partial charge in [0.25, 0.3) is 0 Å². The van der Waals surface area contributed by atoms with Crippen molar-refractivity contribution in [3.63, 3.8) is 0 Å². The zero-order valence-corrected chi connectivity index (χ0v) is 14.7. The van der Waals surface area contributed by atoms with E-state index in [9.17, 15) is 9.59 Å². The lowest BCUT2D eigenvalue weighted by Crippen LogP contribution is -2.06. The van der Waals surface area contributed by atoms with Crippen LogP contribution < -0.4 is 5.32 Å². The summed E-state index contributed by atoms with van der Waals surface area (Å²) in [5, 5.41) is 2.73. The van der Waals surface area contributed by atoms with E-state index in [1.165, 1.54) is 24.2 Å². The second-order valence-electron chi connectivity index (χ2n) is 5.67. The van der Waals surface area contributed by atoms with E-state index in [0.717, 1.165) is 27.3 Å². The third-order valence-electron chi connectivity index (χ3n) is 3.69. The predicted octanol–water partition coefficient (Wildman–Crippen LogP) is 4.55. The fraction of sp³-hybridized carbons (Fsp3) is 0.263. The Morgan fingerprint density at radius 2 is 1.57 bits per heavy atom. The molecular weight excluding hydrogens is 306 g/mol. The van der Waals surface area contributed by atoms with Crippen LogP contribution in [0.1, 0.15) is 34.0 Å². The summed E-state index contributed by atoms with van der Waals surface area (Å²) < 4.78 is 0. The molecule has 2 rings (SSSR count). The van der Waals surface area contributed by atoms with Crippen molar-refractivity contribution < 1.29 is 9.59 Å². The Hall–Kier alpha value is -2.07. The molecule has 0 atom stereocenters. The van der Waals surface area contributed by atoms with Gasteiger partial charge in [0, 0.05) is 23.1 Å². The quantitative estimate of drug-likeness (QED) is 0.647. The molecule has 0 spiro atoms. The molecule has 0 aliphatic carbocycles. The Morgan fingerprint density at radius 1 is 0.957 bits per heavy atom. The van der Waals surface area contributed by atoms with Crippen molar-refractivity contribution in [3.05, 3.63) is 58.7 Å². The molecule has 3 nitrogen and oxygen atoms in total. The van der Waals surface area contributed by atoms with Crippen molar-refractivity contribution >= 4 is 29.1 Å². The van der Waals surface area contributed by atoms with Gasteiger partial charge in [0.1, 0.15) is 0 Å². The largest absolute Gasteiger partial charge is 0.326 e. The summed E-state index contributed by atoms with van der Waals surface area (Å²) in [6.45, 7) is 7.54. The zero-order valence-electron chi connectivity index (χ0n) is 13.9. The summed E-state index contributed by atoms with van der Waals surface area (Å²) in [5.41, 5.74) is 4.94. The highest BCUT2D eigenvalue weighted by Crippen LogP contribution is 2.23. The topological polar surface area (TPSA) is 46.2 Å². The molecule has 0 aliphatic heterocycles. The third-order valence-corrected chi connectivity index (χ3v) is 4.70. The van der Waals surface area contributed by atoms with Gasteiger partial charge in [0.15, 0.2) is 5.78 Å². The molecule has 0 heterocycles. The van der Waals surface area contributed by atoms with Gasteiger partial charge >= 0.3 is 0 Å². The molecule has 120 valence electrons. The minimum Gasteiger partial charge on any atom is -0.326 e. The first kappa shape index (κ1) is 17.3. The highest BCUT2D eigenvalue weighted by atomic mass is 32.2. The molecule has 0 bridgehead atoms. The van der Waals surface area contributed by atoms with Crippen molar-refractivity contribution in [2.75, 3.05) is 11.1 Å². The van der Waals surface area contributed by atoms with Gasteiger partial charge in [-0.15, -0.1) is 11.8 Å². The molecule has 4 heteroatoms. The number of nitrogens with one attached hydrogen (secondary N) is 1. The molecule has 0 unspecified atom stereocenters. The molecule has 1 amide bonds. The minimum absolute atomic E-state index is 0.0919. The van der Waals surface area contributed by atoms with E-state index in [1.807, 2.05) is 44.2 Å². The smallest absolute Gasteiger partial charge is 0.221 e. The predicted molar refractivity (Wildman–Crippen MR) is 96.5 cm³/mol. The molecule has 0 aromatic heterocycles. The van der Waals surface area contributed by atoms with Gasteiger partial charge in [-0.05, 0) is 67.8 Å². The van der Waals surface area contributed by atoms with E-state index in [4.69, 9.17) is 0 Å². The summed E-state index contributed by atoms with van der Waals surface area (Å²) >= 11 is 1.51. The number of Topliss-reactive ketones (excluding diaryl/α,β-unsaturated/α-hetero) is 1. The van der Waals surface area contributed by atoms with Gasteiger partial charge in [-0.1, -0.05) is 6.07 Å². The van der Waals surface area contributed by atoms with E-state index in [-0.39, 0.29) is 11.7 Å². The van der Waals surface area contributed by atoms with E-state index >= 15 is 0 Å². The summed E-state index contributed by atoms with van der Waals surface area (Å²) in [7, 11) is 0. The van der Waals surface area contributed by atoms with E-state index in [1.54, 1.807) is 0 Å². The lowest BCUT2D eigenvalue weighted by Gasteiger charge is -2.09. The molecule has 0 saturated carbocycles. The number of aryl methyl sites for hydroxylation is 3. The molecule has 23 heavy (non-hydrogen) atoms. The third kappa shape index (κ3) is 4.70. The van der Waals surface area contributed by atoms with Gasteiger partial charge < -0.3 is 5.32 Å². The number of carbonyl (C=O) groups is 2. The second-order valence-corrected chi connectivity index (χ2v) is 6.72. The Bertz CT molecular complexity index is 736. The number of benzene rings is 2. The average Bonchev–Trinajstić information content (AvgIpc) is 2.49. The molecule has 2 aromatic rings. The number of hydrogen-bond acceptors (Lipinski definition) is 3. The number of anilines is 1. The Labute approximate surface area is 141 Å². The molecule has 0 saturated heterocycles. The molecule has 0 fully saturated rings. The van der Waals surface area contributed by atoms with Crippen molar-refractivity contribution in [1.29, 1.82) is 0 Å². The summed E-state index contributed by atoms with van der Waals surface area (Å²) in [6, 6.07) is 11.6. The van der Waals surface area contributed by atoms with Crippen LogP contribution >= 0.6 is 11.8 Å². The summed E-state index contributed by atoms with van der Waals surface area (Å²) in [5.74, 6) is 0.454. The van der Waals surface area contributed by atoms with Gasteiger partial charge in [0.2, 0.25) is 5.91 Å². The number of amides is 1. The summed E-state index contributed by atoms with van der Waals surface area (Å²) in [4.78, 5) is 24.4. The van der Waals surface area contributed by atoms with E-state index < -0.39 is 0 Å². The standard InChI is InChI=1S/C19H21NO2S/c1-12-9-14(3)18(10-13(12)2)19(22)11-23-17-7-5-16(6-8-17)20-15(4)21/h5-10H,11H2,1-4H3,(H,20,21). The molecule has 0 radical (unpaired) electrons. The van der Waals surface area contributed by atoms with Crippen LogP contribution in [0.3, 0.4) is 0 Å². The minimum atomic E-state index is -0.0919. The van der Waals surface area contributed by atoms with Crippen LogP contribution in [-0.4, -0.2) is 17.4 Å². The SMILES string of the molecule is CC(=O)Nc1ccc(SCC(=O)c2cc(C)c(C)cc2C)cc1. The second kappa shape index (κ2) is 7.47. The van der Waals surface area contributed by atoms with Crippen molar-refractivity contribution in [3.8, 4) is 0 Å². The Kier molecular flexibility index (Phi) is 5.61. The van der Waals surface area contributed by atoms with Crippen LogP contribution in [0, 0.1) is 20.8 Å².